The van der Waals surface area contributed by atoms with Gasteiger partial charge in [0.15, 0.2) is 0 Å². The topological polar surface area (TPSA) is 54.4 Å². The molecule has 1 aliphatic carbocycles. The zero-order valence-electron chi connectivity index (χ0n) is 14.3. The standard InChI is InChI=1S/C20H19FN2O2S/c1-12(24)16-11-19-17(10-18(16)21)20(8-9-22-19)25-14-4-2-13(3-5-14)23-26-15-6-7-15/h2-5,8-12,15,23-24H,6-7H2,1H3. The van der Waals surface area contributed by atoms with Crippen LogP contribution in [0.4, 0.5) is 10.1 Å². The predicted octanol–water partition coefficient (Wildman–Crippen LogP) is 5.44. The number of fused-ring (bicyclic) bond motifs is 1. The first kappa shape index (κ1) is 17.1. The van der Waals surface area contributed by atoms with Gasteiger partial charge in [-0.25, -0.2) is 4.39 Å². The third-order valence-corrected chi connectivity index (χ3v) is 5.38. The van der Waals surface area contributed by atoms with Crippen LogP contribution in [0.5, 0.6) is 11.5 Å². The molecule has 0 aliphatic heterocycles. The van der Waals surface area contributed by atoms with Gasteiger partial charge in [0, 0.05) is 28.1 Å². The molecule has 4 nitrogen and oxygen atoms in total. The summed E-state index contributed by atoms with van der Waals surface area (Å²) >= 11 is 1.75. The van der Waals surface area contributed by atoms with Crippen LogP contribution >= 0.6 is 11.9 Å². The van der Waals surface area contributed by atoms with E-state index in [2.05, 4.69) is 9.71 Å². The molecule has 1 atom stereocenters. The average molecular weight is 370 g/mol. The Morgan fingerprint density at radius 2 is 2.00 bits per heavy atom. The maximum atomic E-state index is 14.2. The Morgan fingerprint density at radius 1 is 1.23 bits per heavy atom. The predicted molar refractivity (Wildman–Crippen MR) is 103 cm³/mol. The zero-order valence-corrected chi connectivity index (χ0v) is 15.1. The summed E-state index contributed by atoms with van der Waals surface area (Å²) in [5.41, 5.74) is 1.84. The van der Waals surface area contributed by atoms with Gasteiger partial charge < -0.3 is 14.6 Å². The van der Waals surface area contributed by atoms with Crippen LogP contribution in [0.3, 0.4) is 0 Å². The number of pyridine rings is 1. The maximum absolute atomic E-state index is 14.2. The first-order valence-corrected chi connectivity index (χ1v) is 9.44. The van der Waals surface area contributed by atoms with E-state index in [4.69, 9.17) is 4.74 Å². The molecule has 1 fully saturated rings. The van der Waals surface area contributed by atoms with Gasteiger partial charge in [0.2, 0.25) is 0 Å². The summed E-state index contributed by atoms with van der Waals surface area (Å²) in [4.78, 5) is 4.26. The number of anilines is 1. The Morgan fingerprint density at radius 3 is 2.69 bits per heavy atom. The van der Waals surface area contributed by atoms with E-state index in [-0.39, 0.29) is 5.56 Å². The van der Waals surface area contributed by atoms with Crippen molar-refractivity contribution < 1.29 is 14.2 Å². The fourth-order valence-corrected chi connectivity index (χ4v) is 3.43. The maximum Gasteiger partial charge on any atom is 0.138 e. The number of aliphatic hydroxyl groups excluding tert-OH is 1. The molecule has 1 aromatic heterocycles. The summed E-state index contributed by atoms with van der Waals surface area (Å²) < 4.78 is 23.5. The molecule has 1 saturated carbocycles. The molecule has 0 spiro atoms. The summed E-state index contributed by atoms with van der Waals surface area (Å²) in [7, 11) is 0. The number of nitrogens with one attached hydrogen (secondary N) is 1. The molecule has 4 rings (SSSR count). The summed E-state index contributed by atoms with van der Waals surface area (Å²) in [6, 6.07) is 12.3. The lowest BCUT2D eigenvalue weighted by molar-refractivity contribution is 0.194. The molecule has 3 aromatic rings. The number of nitrogens with zero attached hydrogens (tertiary/aromatic N) is 1. The van der Waals surface area contributed by atoms with Gasteiger partial charge in [0.25, 0.3) is 0 Å². The Balaban J connectivity index is 1.57. The lowest BCUT2D eigenvalue weighted by Crippen LogP contribution is -1.97. The van der Waals surface area contributed by atoms with Crippen LogP contribution in [0.25, 0.3) is 10.9 Å². The minimum atomic E-state index is -0.890. The van der Waals surface area contributed by atoms with Gasteiger partial charge in [0.05, 0.1) is 11.6 Å². The van der Waals surface area contributed by atoms with Gasteiger partial charge in [-0.15, -0.1) is 0 Å². The second-order valence-corrected chi connectivity index (χ2v) is 7.53. The average Bonchev–Trinajstić information content (AvgIpc) is 3.45. The van der Waals surface area contributed by atoms with Crippen LogP contribution in [0, 0.1) is 5.82 Å². The summed E-state index contributed by atoms with van der Waals surface area (Å²) in [5.74, 6) is 0.723. The molecule has 0 amide bonds. The van der Waals surface area contributed by atoms with Crippen molar-refractivity contribution >= 4 is 28.5 Å². The molecule has 1 heterocycles. The van der Waals surface area contributed by atoms with Crippen molar-refractivity contribution in [3.63, 3.8) is 0 Å². The van der Waals surface area contributed by atoms with Crippen molar-refractivity contribution in [2.75, 3.05) is 4.72 Å². The molecule has 0 bridgehead atoms. The number of aromatic nitrogens is 1. The highest BCUT2D eigenvalue weighted by Gasteiger charge is 2.22. The molecule has 0 radical (unpaired) electrons. The highest BCUT2D eigenvalue weighted by molar-refractivity contribution is 8.01. The molecular formula is C20H19FN2O2S. The Labute approximate surface area is 155 Å². The third kappa shape index (κ3) is 3.76. The number of hydrogen-bond donors (Lipinski definition) is 2. The fraction of sp³-hybridized carbons (Fsp3) is 0.250. The van der Waals surface area contributed by atoms with Gasteiger partial charge >= 0.3 is 0 Å². The van der Waals surface area contributed by atoms with Crippen molar-refractivity contribution in [2.45, 2.75) is 31.1 Å². The van der Waals surface area contributed by atoms with Crippen LogP contribution in [0.1, 0.15) is 31.4 Å². The van der Waals surface area contributed by atoms with Crippen LogP contribution in [-0.2, 0) is 0 Å². The lowest BCUT2D eigenvalue weighted by Gasteiger charge is -2.12. The second kappa shape index (κ2) is 7.13. The molecule has 1 aliphatic rings. The van der Waals surface area contributed by atoms with Crippen molar-refractivity contribution in [1.29, 1.82) is 0 Å². The summed E-state index contributed by atoms with van der Waals surface area (Å²) in [5, 5.41) is 11.0. The molecule has 1 unspecified atom stereocenters. The van der Waals surface area contributed by atoms with Crippen molar-refractivity contribution in [2.24, 2.45) is 0 Å². The minimum absolute atomic E-state index is 0.228. The van der Waals surface area contributed by atoms with E-state index >= 15 is 0 Å². The lowest BCUT2D eigenvalue weighted by atomic mass is 10.1. The SMILES string of the molecule is CC(O)c1cc2nccc(Oc3ccc(NSC4CC4)cc3)c2cc1F. The van der Waals surface area contributed by atoms with Crippen molar-refractivity contribution in [3.05, 3.63) is 60.0 Å². The Kier molecular flexibility index (Phi) is 4.70. The number of hydrogen-bond acceptors (Lipinski definition) is 5. The van der Waals surface area contributed by atoms with Gasteiger partial charge in [-0.1, -0.05) is 0 Å². The molecule has 0 saturated heterocycles. The van der Waals surface area contributed by atoms with Gasteiger partial charge in [-0.2, -0.15) is 0 Å². The monoisotopic (exact) mass is 370 g/mol. The first-order valence-electron chi connectivity index (χ1n) is 8.56. The number of ether oxygens (including phenoxy) is 1. The highest BCUT2D eigenvalue weighted by atomic mass is 32.2. The second-order valence-electron chi connectivity index (χ2n) is 6.42. The largest absolute Gasteiger partial charge is 0.457 e. The number of rotatable bonds is 6. The van der Waals surface area contributed by atoms with E-state index in [1.807, 2.05) is 24.3 Å². The smallest absolute Gasteiger partial charge is 0.138 e. The molecule has 6 heteroatoms. The summed E-state index contributed by atoms with van der Waals surface area (Å²) in [6.45, 7) is 1.53. The molecule has 2 aromatic carbocycles. The molecule has 2 N–H and O–H groups in total. The number of aliphatic hydroxyl groups is 1. The van der Waals surface area contributed by atoms with E-state index in [0.29, 0.717) is 22.4 Å². The van der Waals surface area contributed by atoms with Crippen LogP contribution in [-0.4, -0.2) is 15.3 Å². The van der Waals surface area contributed by atoms with Gasteiger partial charge in [-0.05, 0) is 74.2 Å². The normalized spacial score (nSPS) is 15.0. The van der Waals surface area contributed by atoms with Crippen molar-refractivity contribution in [3.8, 4) is 11.5 Å². The van der Waals surface area contributed by atoms with Crippen LogP contribution in [0.2, 0.25) is 0 Å². The van der Waals surface area contributed by atoms with E-state index in [1.54, 1.807) is 30.3 Å². The summed E-state index contributed by atoms with van der Waals surface area (Å²) in [6.07, 6.45) is 3.28. The van der Waals surface area contributed by atoms with Gasteiger partial charge in [0.1, 0.15) is 17.3 Å². The Hall–Kier alpha value is -2.31. The van der Waals surface area contributed by atoms with E-state index in [0.717, 1.165) is 10.9 Å². The number of benzene rings is 2. The van der Waals surface area contributed by atoms with Gasteiger partial charge in [-0.3, -0.25) is 4.98 Å². The zero-order chi connectivity index (χ0) is 18.1. The number of halogens is 1. The van der Waals surface area contributed by atoms with Crippen molar-refractivity contribution in [1.82, 2.24) is 4.98 Å². The van der Waals surface area contributed by atoms with E-state index in [1.165, 1.54) is 25.8 Å². The fourth-order valence-electron chi connectivity index (χ4n) is 2.62. The van der Waals surface area contributed by atoms with E-state index in [9.17, 15) is 9.50 Å². The minimum Gasteiger partial charge on any atom is -0.457 e. The van der Waals surface area contributed by atoms with E-state index < -0.39 is 11.9 Å². The molecular weight excluding hydrogens is 351 g/mol. The Bertz CT molecular complexity index is 927. The molecule has 134 valence electrons. The first-order chi connectivity index (χ1) is 12.6. The molecule has 26 heavy (non-hydrogen) atoms. The highest BCUT2D eigenvalue weighted by Crippen LogP contribution is 2.35. The quantitative estimate of drug-likeness (QED) is 0.566. The van der Waals surface area contributed by atoms with Crippen LogP contribution in [0.15, 0.2) is 48.7 Å². The third-order valence-electron chi connectivity index (χ3n) is 4.22. The van der Waals surface area contributed by atoms with Crippen LogP contribution < -0.4 is 9.46 Å².